The quantitative estimate of drug-likeness (QED) is 0.665. The van der Waals surface area contributed by atoms with E-state index in [9.17, 15) is 13.2 Å². The van der Waals surface area contributed by atoms with Crippen LogP contribution in [-0.2, 0) is 4.74 Å². The lowest BCUT2D eigenvalue weighted by Gasteiger charge is -2.28. The molecule has 0 spiro atoms. The molecule has 0 saturated carbocycles. The number of rotatable bonds is 1. The first-order valence-corrected chi connectivity index (χ1v) is 3.92. The average molecular weight is 183 g/mol. The SMILES string of the molecule is N[C@H](C1CCCOC1)C(F)(F)F. The van der Waals surface area contributed by atoms with Gasteiger partial charge in [-0.15, -0.1) is 0 Å². The zero-order valence-electron chi connectivity index (χ0n) is 6.60. The number of hydrogen-bond acceptors (Lipinski definition) is 2. The van der Waals surface area contributed by atoms with Gasteiger partial charge in [-0.1, -0.05) is 0 Å². The number of hydrogen-bond donors (Lipinski definition) is 1. The van der Waals surface area contributed by atoms with Crippen molar-refractivity contribution in [2.24, 2.45) is 11.7 Å². The van der Waals surface area contributed by atoms with Crippen LogP contribution in [-0.4, -0.2) is 25.4 Å². The molecule has 0 bridgehead atoms. The summed E-state index contributed by atoms with van der Waals surface area (Å²) in [5.74, 6) is -0.557. The molecular weight excluding hydrogens is 171 g/mol. The lowest BCUT2D eigenvalue weighted by molar-refractivity contribution is -0.167. The Morgan fingerprint density at radius 3 is 2.50 bits per heavy atom. The molecule has 0 amide bonds. The largest absolute Gasteiger partial charge is 0.403 e. The van der Waals surface area contributed by atoms with Crippen molar-refractivity contribution >= 4 is 0 Å². The Hall–Kier alpha value is -0.290. The Kier molecular flexibility index (Phi) is 2.95. The molecular formula is C7H12F3NO. The van der Waals surface area contributed by atoms with Gasteiger partial charge in [-0.25, -0.2) is 0 Å². The first-order valence-electron chi connectivity index (χ1n) is 3.92. The molecule has 2 nitrogen and oxygen atoms in total. The summed E-state index contributed by atoms with van der Waals surface area (Å²) in [5.41, 5.74) is 5.02. The molecule has 0 aliphatic carbocycles. The van der Waals surface area contributed by atoms with Gasteiger partial charge in [-0.3, -0.25) is 0 Å². The van der Waals surface area contributed by atoms with Crippen LogP contribution in [0.5, 0.6) is 0 Å². The Balaban J connectivity index is 2.45. The molecule has 1 saturated heterocycles. The van der Waals surface area contributed by atoms with Crippen LogP contribution in [0.1, 0.15) is 12.8 Å². The standard InChI is InChI=1S/C7H12F3NO/c8-7(9,10)6(11)5-2-1-3-12-4-5/h5-6H,1-4,11H2/t5?,6-/m1/s1. The highest BCUT2D eigenvalue weighted by Gasteiger charge is 2.42. The fourth-order valence-corrected chi connectivity index (χ4v) is 1.32. The molecule has 1 heterocycles. The van der Waals surface area contributed by atoms with Crippen LogP contribution >= 0.6 is 0 Å². The maximum Gasteiger partial charge on any atom is 0.403 e. The summed E-state index contributed by atoms with van der Waals surface area (Å²) in [6, 6.07) is -1.72. The van der Waals surface area contributed by atoms with Crippen LogP contribution in [0.3, 0.4) is 0 Å². The first-order chi connectivity index (χ1) is 5.52. The monoisotopic (exact) mass is 183 g/mol. The second kappa shape index (κ2) is 3.62. The van der Waals surface area contributed by atoms with Crippen molar-refractivity contribution in [2.75, 3.05) is 13.2 Å². The maximum atomic E-state index is 12.1. The Labute approximate surface area is 68.9 Å². The van der Waals surface area contributed by atoms with Crippen LogP contribution in [0, 0.1) is 5.92 Å². The van der Waals surface area contributed by atoms with Crippen LogP contribution in [0.25, 0.3) is 0 Å². The van der Waals surface area contributed by atoms with Gasteiger partial charge in [-0.05, 0) is 12.8 Å². The van der Waals surface area contributed by atoms with E-state index in [4.69, 9.17) is 10.5 Å². The summed E-state index contributed by atoms with van der Waals surface area (Å²) >= 11 is 0. The highest BCUT2D eigenvalue weighted by Crippen LogP contribution is 2.28. The summed E-state index contributed by atoms with van der Waals surface area (Å²) in [4.78, 5) is 0. The lowest BCUT2D eigenvalue weighted by Crippen LogP contribution is -2.46. The molecule has 1 aliphatic heterocycles. The fourth-order valence-electron chi connectivity index (χ4n) is 1.32. The number of ether oxygens (including phenoxy) is 1. The minimum atomic E-state index is -4.29. The van der Waals surface area contributed by atoms with Gasteiger partial charge in [0, 0.05) is 12.5 Å². The van der Waals surface area contributed by atoms with Gasteiger partial charge in [0.1, 0.15) is 6.04 Å². The van der Waals surface area contributed by atoms with Gasteiger partial charge in [0.2, 0.25) is 0 Å². The highest BCUT2D eigenvalue weighted by molar-refractivity contribution is 4.80. The van der Waals surface area contributed by atoms with Crippen molar-refractivity contribution in [3.8, 4) is 0 Å². The van der Waals surface area contributed by atoms with E-state index in [1.54, 1.807) is 0 Å². The van der Waals surface area contributed by atoms with Crippen LogP contribution in [0.15, 0.2) is 0 Å². The van der Waals surface area contributed by atoms with Crippen molar-refractivity contribution in [3.63, 3.8) is 0 Å². The number of alkyl halides is 3. The van der Waals surface area contributed by atoms with Crippen molar-refractivity contribution in [1.82, 2.24) is 0 Å². The summed E-state index contributed by atoms with van der Waals surface area (Å²) in [6.07, 6.45) is -3.10. The van der Waals surface area contributed by atoms with E-state index in [2.05, 4.69) is 0 Å². The lowest BCUT2D eigenvalue weighted by atomic mass is 9.94. The molecule has 0 aromatic carbocycles. The van der Waals surface area contributed by atoms with Gasteiger partial charge in [0.25, 0.3) is 0 Å². The van der Waals surface area contributed by atoms with E-state index in [1.165, 1.54) is 0 Å². The molecule has 12 heavy (non-hydrogen) atoms. The van der Waals surface area contributed by atoms with Gasteiger partial charge in [-0.2, -0.15) is 13.2 Å². The molecule has 1 rings (SSSR count). The van der Waals surface area contributed by atoms with Crippen LogP contribution < -0.4 is 5.73 Å². The van der Waals surface area contributed by atoms with Crippen molar-refractivity contribution in [1.29, 1.82) is 0 Å². The average Bonchev–Trinajstić information content (AvgIpc) is 2.03. The zero-order chi connectivity index (χ0) is 9.19. The summed E-state index contributed by atoms with van der Waals surface area (Å²) < 4.78 is 41.1. The summed E-state index contributed by atoms with van der Waals surface area (Å²) in [7, 11) is 0. The molecule has 1 aliphatic rings. The minimum Gasteiger partial charge on any atom is -0.381 e. The number of halogens is 3. The smallest absolute Gasteiger partial charge is 0.381 e. The molecule has 0 radical (unpaired) electrons. The van der Waals surface area contributed by atoms with E-state index in [-0.39, 0.29) is 6.61 Å². The van der Waals surface area contributed by atoms with Gasteiger partial charge in [0.15, 0.2) is 0 Å². The van der Waals surface area contributed by atoms with Crippen molar-refractivity contribution < 1.29 is 17.9 Å². The summed E-state index contributed by atoms with van der Waals surface area (Å²) in [6.45, 7) is 0.696. The molecule has 0 aromatic heterocycles. The van der Waals surface area contributed by atoms with E-state index in [1.807, 2.05) is 0 Å². The minimum absolute atomic E-state index is 0.140. The molecule has 5 heteroatoms. The maximum absolute atomic E-state index is 12.1. The van der Waals surface area contributed by atoms with E-state index < -0.39 is 18.1 Å². The van der Waals surface area contributed by atoms with E-state index >= 15 is 0 Å². The zero-order valence-corrected chi connectivity index (χ0v) is 6.60. The highest BCUT2D eigenvalue weighted by atomic mass is 19.4. The Morgan fingerprint density at radius 1 is 1.42 bits per heavy atom. The predicted octanol–water partition coefficient (Wildman–Crippen LogP) is 1.30. The second-order valence-corrected chi connectivity index (χ2v) is 3.04. The topological polar surface area (TPSA) is 35.2 Å². The van der Waals surface area contributed by atoms with Gasteiger partial charge in [0.05, 0.1) is 6.61 Å². The molecule has 2 N–H and O–H groups in total. The molecule has 2 atom stereocenters. The summed E-state index contributed by atoms with van der Waals surface area (Å²) in [5, 5.41) is 0. The Bertz CT molecular complexity index is 142. The van der Waals surface area contributed by atoms with Gasteiger partial charge < -0.3 is 10.5 Å². The Morgan fingerprint density at radius 2 is 2.08 bits per heavy atom. The third-order valence-electron chi connectivity index (χ3n) is 2.08. The second-order valence-electron chi connectivity index (χ2n) is 3.04. The van der Waals surface area contributed by atoms with E-state index in [0.717, 1.165) is 0 Å². The third-order valence-corrected chi connectivity index (χ3v) is 2.08. The van der Waals surface area contributed by atoms with Gasteiger partial charge >= 0.3 is 6.18 Å². The molecule has 1 unspecified atom stereocenters. The van der Waals surface area contributed by atoms with Crippen LogP contribution in [0.2, 0.25) is 0 Å². The fraction of sp³-hybridized carbons (Fsp3) is 1.00. The predicted molar refractivity (Wildman–Crippen MR) is 37.6 cm³/mol. The third kappa shape index (κ3) is 2.35. The van der Waals surface area contributed by atoms with E-state index in [0.29, 0.717) is 19.4 Å². The van der Waals surface area contributed by atoms with Crippen LogP contribution in [0.4, 0.5) is 13.2 Å². The number of nitrogens with two attached hydrogens (primary N) is 1. The van der Waals surface area contributed by atoms with Crippen molar-refractivity contribution in [3.05, 3.63) is 0 Å². The molecule has 0 aromatic rings. The molecule has 72 valence electrons. The molecule has 1 fully saturated rings. The first kappa shape index (κ1) is 9.80. The normalized spacial score (nSPS) is 28.5. The van der Waals surface area contributed by atoms with Crippen molar-refractivity contribution in [2.45, 2.75) is 25.1 Å².